The van der Waals surface area contributed by atoms with Crippen molar-refractivity contribution in [2.75, 3.05) is 13.2 Å². The van der Waals surface area contributed by atoms with E-state index in [1.165, 1.54) is 25.7 Å². The van der Waals surface area contributed by atoms with Crippen molar-refractivity contribution in [1.29, 1.82) is 0 Å². The van der Waals surface area contributed by atoms with Crippen LogP contribution in [0, 0.1) is 0 Å². The molecule has 4 nitrogen and oxygen atoms in total. The van der Waals surface area contributed by atoms with Gasteiger partial charge in [-0.05, 0) is 37.1 Å². The van der Waals surface area contributed by atoms with Crippen molar-refractivity contribution < 1.29 is 9.84 Å². The fraction of sp³-hybridized carbons (Fsp3) is 0.526. The zero-order valence-electron chi connectivity index (χ0n) is 14.2. The normalized spacial score (nSPS) is 13.9. The Labute approximate surface area is 138 Å². The van der Waals surface area contributed by atoms with Crippen LogP contribution in [0.15, 0.2) is 30.3 Å². The lowest BCUT2D eigenvalue weighted by Crippen LogP contribution is -2.36. The monoisotopic (exact) mass is 316 g/mol. The van der Waals surface area contributed by atoms with Crippen molar-refractivity contribution in [3.05, 3.63) is 35.9 Å². The summed E-state index contributed by atoms with van der Waals surface area (Å²) in [5.74, 6) is 0.665. The second kappa shape index (κ2) is 8.27. The van der Waals surface area contributed by atoms with Crippen LogP contribution in [-0.2, 0) is 5.54 Å². The molecule has 0 aliphatic rings. The molecular weight excluding hydrogens is 288 g/mol. The number of aliphatic hydroxyl groups is 1. The number of hydrogen-bond donors (Lipinski definition) is 2. The predicted octanol–water partition coefficient (Wildman–Crippen LogP) is 3.75. The van der Waals surface area contributed by atoms with E-state index in [0.29, 0.717) is 12.5 Å². The number of benzene rings is 1. The van der Waals surface area contributed by atoms with Crippen LogP contribution in [-0.4, -0.2) is 23.3 Å². The lowest BCUT2D eigenvalue weighted by Gasteiger charge is -2.22. The molecule has 3 N–H and O–H groups in total. The van der Waals surface area contributed by atoms with E-state index >= 15 is 0 Å². The molecule has 0 fully saturated rings. The summed E-state index contributed by atoms with van der Waals surface area (Å²) in [7, 11) is 0. The van der Waals surface area contributed by atoms with Gasteiger partial charge in [0.25, 0.3) is 0 Å². The average Bonchev–Trinajstić information content (AvgIpc) is 2.57. The van der Waals surface area contributed by atoms with Gasteiger partial charge in [-0.3, -0.25) is 0 Å². The van der Waals surface area contributed by atoms with Crippen LogP contribution in [0.5, 0.6) is 5.88 Å². The van der Waals surface area contributed by atoms with E-state index in [4.69, 9.17) is 10.5 Å². The van der Waals surface area contributed by atoms with E-state index in [2.05, 4.69) is 11.9 Å². The molecule has 126 valence electrons. The number of fused-ring (bicyclic) bond motifs is 1. The fourth-order valence-electron chi connectivity index (χ4n) is 2.52. The molecule has 1 atom stereocenters. The first-order valence-electron chi connectivity index (χ1n) is 8.50. The average molecular weight is 316 g/mol. The highest BCUT2D eigenvalue weighted by Gasteiger charge is 2.20. The van der Waals surface area contributed by atoms with Gasteiger partial charge >= 0.3 is 0 Å². The lowest BCUT2D eigenvalue weighted by atomic mass is 9.93. The Morgan fingerprint density at radius 1 is 1.13 bits per heavy atom. The van der Waals surface area contributed by atoms with E-state index in [0.717, 1.165) is 22.9 Å². The van der Waals surface area contributed by atoms with Gasteiger partial charge in [0, 0.05) is 11.5 Å². The molecule has 2 aromatic rings. The Hall–Kier alpha value is -1.65. The van der Waals surface area contributed by atoms with Crippen LogP contribution in [0.25, 0.3) is 10.9 Å². The number of unbranched alkanes of at least 4 members (excludes halogenated alkanes) is 4. The maximum atomic E-state index is 9.38. The van der Waals surface area contributed by atoms with Gasteiger partial charge in [-0.25, -0.2) is 4.98 Å². The van der Waals surface area contributed by atoms with Crippen molar-refractivity contribution in [2.24, 2.45) is 5.73 Å². The maximum absolute atomic E-state index is 9.38. The Balaban J connectivity index is 1.98. The van der Waals surface area contributed by atoms with Gasteiger partial charge in [0.2, 0.25) is 5.88 Å². The highest BCUT2D eigenvalue weighted by molar-refractivity contribution is 5.80. The minimum Gasteiger partial charge on any atom is -0.478 e. The molecule has 0 amide bonds. The van der Waals surface area contributed by atoms with Crippen molar-refractivity contribution >= 4 is 10.9 Å². The molecular formula is C19H28N2O2. The first kappa shape index (κ1) is 17.7. The molecule has 23 heavy (non-hydrogen) atoms. The summed E-state index contributed by atoms with van der Waals surface area (Å²) >= 11 is 0. The van der Waals surface area contributed by atoms with E-state index in [9.17, 15) is 5.11 Å². The predicted molar refractivity (Wildman–Crippen MR) is 94.6 cm³/mol. The first-order valence-corrected chi connectivity index (χ1v) is 8.50. The molecule has 1 aromatic heterocycles. The number of aliphatic hydroxyl groups excluding tert-OH is 1. The highest BCUT2D eigenvalue weighted by atomic mass is 16.5. The molecule has 0 aliphatic heterocycles. The van der Waals surface area contributed by atoms with Gasteiger partial charge in [0.15, 0.2) is 0 Å². The Morgan fingerprint density at radius 3 is 2.65 bits per heavy atom. The number of aromatic nitrogens is 1. The van der Waals surface area contributed by atoms with Gasteiger partial charge in [-0.2, -0.15) is 0 Å². The number of nitrogens with two attached hydrogens (primary N) is 1. The van der Waals surface area contributed by atoms with E-state index in [-0.39, 0.29) is 6.61 Å². The Kier molecular flexibility index (Phi) is 6.37. The largest absolute Gasteiger partial charge is 0.478 e. The molecule has 2 rings (SSSR count). The summed E-state index contributed by atoms with van der Waals surface area (Å²) in [5, 5.41) is 10.4. The third-order valence-electron chi connectivity index (χ3n) is 4.15. The summed E-state index contributed by atoms with van der Waals surface area (Å²) in [6, 6.07) is 9.71. The third kappa shape index (κ3) is 4.91. The zero-order valence-corrected chi connectivity index (χ0v) is 14.2. The summed E-state index contributed by atoms with van der Waals surface area (Å²) in [4.78, 5) is 4.53. The van der Waals surface area contributed by atoms with E-state index < -0.39 is 5.54 Å². The van der Waals surface area contributed by atoms with Crippen molar-refractivity contribution in [3.8, 4) is 5.88 Å². The van der Waals surface area contributed by atoms with Crippen LogP contribution in [0.3, 0.4) is 0 Å². The standard InChI is InChI=1S/C19H28N2O2/c1-3-4-5-6-7-12-23-18-11-8-15-13-16(19(2,20)14-22)9-10-17(15)21-18/h8-11,13,22H,3-7,12,14,20H2,1-2H3/t19-/m0/s1. The summed E-state index contributed by atoms with van der Waals surface area (Å²) < 4.78 is 5.74. The molecule has 0 aliphatic carbocycles. The second-order valence-electron chi connectivity index (χ2n) is 6.40. The van der Waals surface area contributed by atoms with Crippen molar-refractivity contribution in [3.63, 3.8) is 0 Å². The number of ether oxygens (including phenoxy) is 1. The lowest BCUT2D eigenvalue weighted by molar-refractivity contribution is 0.210. The van der Waals surface area contributed by atoms with Gasteiger partial charge < -0.3 is 15.6 Å². The highest BCUT2D eigenvalue weighted by Crippen LogP contribution is 2.23. The molecule has 0 saturated carbocycles. The first-order chi connectivity index (χ1) is 11.1. The van der Waals surface area contributed by atoms with Crippen LogP contribution < -0.4 is 10.5 Å². The van der Waals surface area contributed by atoms with E-state index in [1.807, 2.05) is 37.3 Å². The van der Waals surface area contributed by atoms with Crippen molar-refractivity contribution in [2.45, 2.75) is 51.5 Å². The number of hydrogen-bond acceptors (Lipinski definition) is 4. The fourth-order valence-corrected chi connectivity index (χ4v) is 2.52. The van der Waals surface area contributed by atoms with Gasteiger partial charge in [-0.15, -0.1) is 0 Å². The second-order valence-corrected chi connectivity index (χ2v) is 6.40. The van der Waals surface area contributed by atoms with Gasteiger partial charge in [-0.1, -0.05) is 38.7 Å². The smallest absolute Gasteiger partial charge is 0.213 e. The van der Waals surface area contributed by atoms with Crippen LogP contribution >= 0.6 is 0 Å². The molecule has 0 saturated heterocycles. The minimum atomic E-state index is -0.734. The molecule has 0 spiro atoms. The number of rotatable bonds is 9. The van der Waals surface area contributed by atoms with Gasteiger partial charge in [0.05, 0.1) is 24.3 Å². The van der Waals surface area contributed by atoms with Crippen molar-refractivity contribution in [1.82, 2.24) is 4.98 Å². The molecule has 0 bridgehead atoms. The quantitative estimate of drug-likeness (QED) is 0.691. The molecule has 1 aromatic carbocycles. The summed E-state index contributed by atoms with van der Waals surface area (Å²) in [6.45, 7) is 4.66. The molecule has 0 unspecified atom stereocenters. The maximum Gasteiger partial charge on any atom is 0.213 e. The summed E-state index contributed by atoms with van der Waals surface area (Å²) in [5.41, 5.74) is 7.13. The molecule has 4 heteroatoms. The SMILES string of the molecule is CCCCCCCOc1ccc2cc([C@@](C)(N)CO)ccc2n1. The Morgan fingerprint density at radius 2 is 1.91 bits per heavy atom. The molecule has 0 radical (unpaired) electrons. The van der Waals surface area contributed by atoms with Crippen LogP contribution in [0.1, 0.15) is 51.5 Å². The molecule has 1 heterocycles. The number of pyridine rings is 1. The van der Waals surface area contributed by atoms with Crippen LogP contribution in [0.4, 0.5) is 0 Å². The van der Waals surface area contributed by atoms with Gasteiger partial charge in [0.1, 0.15) is 0 Å². The number of nitrogens with zero attached hydrogens (tertiary/aromatic N) is 1. The minimum absolute atomic E-state index is 0.0921. The summed E-state index contributed by atoms with van der Waals surface area (Å²) in [6.07, 6.45) is 6.11. The topological polar surface area (TPSA) is 68.4 Å². The van der Waals surface area contributed by atoms with Crippen LogP contribution in [0.2, 0.25) is 0 Å². The zero-order chi connectivity index (χ0) is 16.7. The third-order valence-corrected chi connectivity index (χ3v) is 4.15. The van der Waals surface area contributed by atoms with E-state index in [1.54, 1.807) is 0 Å². The Bertz CT molecular complexity index is 626.